The van der Waals surface area contributed by atoms with Crippen LogP contribution >= 0.6 is 0 Å². The molecule has 0 fully saturated rings. The minimum Gasteiger partial charge on any atom is -0.312 e. The molecule has 0 aliphatic carbocycles. The van der Waals surface area contributed by atoms with E-state index in [1.54, 1.807) is 12.1 Å². The van der Waals surface area contributed by atoms with Crippen LogP contribution < -0.4 is 5.32 Å². The first-order valence-electron chi connectivity index (χ1n) is 5.88. The van der Waals surface area contributed by atoms with Crippen LogP contribution in [0.4, 0.5) is 4.39 Å². The van der Waals surface area contributed by atoms with Crippen molar-refractivity contribution in [3.05, 3.63) is 35.1 Å². The summed E-state index contributed by atoms with van der Waals surface area (Å²) in [4.78, 5) is 0. The van der Waals surface area contributed by atoms with Crippen LogP contribution in [0.2, 0.25) is 0 Å². The van der Waals surface area contributed by atoms with E-state index in [-0.39, 0.29) is 11.0 Å². The fourth-order valence-corrected chi connectivity index (χ4v) is 1.44. The fourth-order valence-electron chi connectivity index (χ4n) is 1.44. The van der Waals surface area contributed by atoms with E-state index in [9.17, 15) is 4.39 Å². The summed E-state index contributed by atoms with van der Waals surface area (Å²) in [5.74, 6) is -0.454. The molecule has 17 heavy (non-hydrogen) atoms. The lowest BCUT2D eigenvalue weighted by Gasteiger charge is -2.23. The number of hydrogen-bond acceptors (Lipinski definition) is 2. The maximum absolute atomic E-state index is 13.1. The van der Waals surface area contributed by atoms with Crippen molar-refractivity contribution in [3.63, 3.8) is 0 Å². The van der Waals surface area contributed by atoms with Gasteiger partial charge in [0.2, 0.25) is 0 Å². The Morgan fingerprint density at radius 1 is 1.41 bits per heavy atom. The first kappa shape index (κ1) is 13.7. The summed E-state index contributed by atoms with van der Waals surface area (Å²) in [6.45, 7) is 8.13. The molecule has 0 aromatic heterocycles. The lowest BCUT2D eigenvalue weighted by Crippen LogP contribution is -2.28. The lowest BCUT2D eigenvalue weighted by atomic mass is 9.90. The van der Waals surface area contributed by atoms with Crippen LogP contribution in [0.1, 0.15) is 38.3 Å². The number of halogens is 1. The topological polar surface area (TPSA) is 35.8 Å². The van der Waals surface area contributed by atoms with Crippen molar-refractivity contribution in [1.82, 2.24) is 5.32 Å². The van der Waals surface area contributed by atoms with E-state index < -0.39 is 5.82 Å². The lowest BCUT2D eigenvalue weighted by molar-refractivity contribution is 0.327. The molecule has 92 valence electrons. The van der Waals surface area contributed by atoms with E-state index >= 15 is 0 Å². The molecule has 0 radical (unpaired) electrons. The second kappa shape index (κ2) is 5.79. The Bertz CT molecular complexity index is 419. The Kier molecular flexibility index (Phi) is 4.65. The van der Waals surface area contributed by atoms with Crippen molar-refractivity contribution in [2.75, 3.05) is 6.54 Å². The summed E-state index contributed by atoms with van der Waals surface area (Å²) in [6, 6.07) is 6.51. The van der Waals surface area contributed by atoms with Gasteiger partial charge in [0.05, 0.1) is 5.56 Å². The Labute approximate surface area is 102 Å². The second-order valence-corrected chi connectivity index (χ2v) is 5.05. The van der Waals surface area contributed by atoms with E-state index in [0.29, 0.717) is 6.54 Å². The van der Waals surface area contributed by atoms with Crippen molar-refractivity contribution in [1.29, 1.82) is 5.26 Å². The van der Waals surface area contributed by atoms with Crippen molar-refractivity contribution in [2.24, 2.45) is 5.41 Å². The molecule has 0 saturated carbocycles. The zero-order valence-corrected chi connectivity index (χ0v) is 10.7. The smallest absolute Gasteiger partial charge is 0.140 e. The molecule has 1 aromatic carbocycles. The quantitative estimate of drug-likeness (QED) is 0.849. The average Bonchev–Trinajstić information content (AvgIpc) is 2.31. The van der Waals surface area contributed by atoms with E-state index in [1.807, 2.05) is 6.07 Å². The third-order valence-corrected chi connectivity index (χ3v) is 3.04. The predicted octanol–water partition coefficient (Wildman–Crippen LogP) is 3.22. The molecule has 1 rings (SSSR count). The Morgan fingerprint density at radius 2 is 2.12 bits per heavy atom. The van der Waals surface area contributed by atoms with Crippen LogP contribution in [-0.4, -0.2) is 6.54 Å². The van der Waals surface area contributed by atoms with Gasteiger partial charge in [-0.3, -0.25) is 0 Å². The first-order chi connectivity index (χ1) is 7.98. The van der Waals surface area contributed by atoms with Crippen LogP contribution in [0.15, 0.2) is 18.2 Å². The molecular weight excluding hydrogens is 215 g/mol. The SMILES string of the molecule is CCC(C)(C)CNCc1ccc(F)c(C#N)c1. The zero-order chi connectivity index (χ0) is 12.9. The molecule has 0 unspecified atom stereocenters. The molecule has 0 aliphatic rings. The number of benzene rings is 1. The number of hydrogen-bond donors (Lipinski definition) is 1. The largest absolute Gasteiger partial charge is 0.312 e. The van der Waals surface area contributed by atoms with Crippen molar-refractivity contribution in [3.8, 4) is 6.07 Å². The molecule has 0 aliphatic heterocycles. The van der Waals surface area contributed by atoms with Crippen molar-refractivity contribution in [2.45, 2.75) is 33.7 Å². The third kappa shape index (κ3) is 4.16. The Morgan fingerprint density at radius 3 is 2.71 bits per heavy atom. The summed E-state index contributed by atoms with van der Waals surface area (Å²) in [7, 11) is 0. The van der Waals surface area contributed by atoms with Gasteiger partial charge >= 0.3 is 0 Å². The number of rotatable bonds is 5. The summed E-state index contributed by atoms with van der Waals surface area (Å²) in [5.41, 5.74) is 1.31. The van der Waals surface area contributed by atoms with Crippen LogP contribution in [0, 0.1) is 22.6 Å². The highest BCUT2D eigenvalue weighted by Gasteiger charge is 2.13. The average molecular weight is 234 g/mol. The van der Waals surface area contributed by atoms with Gasteiger partial charge in [0.15, 0.2) is 0 Å². The van der Waals surface area contributed by atoms with Gasteiger partial charge in [0.25, 0.3) is 0 Å². The molecule has 0 amide bonds. The minimum atomic E-state index is -0.454. The van der Waals surface area contributed by atoms with Crippen LogP contribution in [-0.2, 0) is 6.54 Å². The summed E-state index contributed by atoms with van der Waals surface area (Å²) >= 11 is 0. The monoisotopic (exact) mass is 234 g/mol. The van der Waals surface area contributed by atoms with Crippen LogP contribution in [0.3, 0.4) is 0 Å². The minimum absolute atomic E-state index is 0.110. The van der Waals surface area contributed by atoms with E-state index in [0.717, 1.165) is 18.5 Å². The van der Waals surface area contributed by atoms with E-state index in [1.165, 1.54) is 6.07 Å². The summed E-state index contributed by atoms with van der Waals surface area (Å²) in [6.07, 6.45) is 1.10. The van der Waals surface area contributed by atoms with Gasteiger partial charge in [-0.1, -0.05) is 26.8 Å². The van der Waals surface area contributed by atoms with Gasteiger partial charge < -0.3 is 5.32 Å². The maximum atomic E-state index is 13.1. The number of nitrogens with one attached hydrogen (secondary N) is 1. The molecule has 3 heteroatoms. The standard InChI is InChI=1S/C14H19FN2/c1-4-14(2,3)10-17-9-11-5-6-13(15)12(7-11)8-16/h5-7,17H,4,9-10H2,1-3H3. The van der Waals surface area contributed by atoms with Gasteiger partial charge in [-0.15, -0.1) is 0 Å². The second-order valence-electron chi connectivity index (χ2n) is 5.05. The number of nitrogens with zero attached hydrogens (tertiary/aromatic N) is 1. The van der Waals surface area contributed by atoms with E-state index in [2.05, 4.69) is 26.1 Å². The van der Waals surface area contributed by atoms with Gasteiger partial charge in [-0.25, -0.2) is 4.39 Å². The highest BCUT2D eigenvalue weighted by atomic mass is 19.1. The van der Waals surface area contributed by atoms with E-state index in [4.69, 9.17) is 5.26 Å². The van der Waals surface area contributed by atoms with Crippen LogP contribution in [0.25, 0.3) is 0 Å². The normalized spacial score (nSPS) is 11.2. The highest BCUT2D eigenvalue weighted by Crippen LogP contribution is 2.18. The van der Waals surface area contributed by atoms with Crippen LogP contribution in [0.5, 0.6) is 0 Å². The molecule has 0 heterocycles. The summed E-state index contributed by atoms with van der Waals surface area (Å²) < 4.78 is 13.1. The molecular formula is C14H19FN2. The third-order valence-electron chi connectivity index (χ3n) is 3.04. The fraction of sp³-hybridized carbons (Fsp3) is 0.500. The number of nitriles is 1. The molecule has 0 spiro atoms. The maximum Gasteiger partial charge on any atom is 0.140 e. The zero-order valence-electron chi connectivity index (χ0n) is 10.7. The Balaban J connectivity index is 2.56. The van der Waals surface area contributed by atoms with Gasteiger partial charge in [-0.2, -0.15) is 5.26 Å². The molecule has 1 aromatic rings. The summed E-state index contributed by atoms with van der Waals surface area (Å²) in [5, 5.41) is 12.1. The molecule has 2 nitrogen and oxygen atoms in total. The molecule has 1 N–H and O–H groups in total. The van der Waals surface area contributed by atoms with Gasteiger partial charge in [0, 0.05) is 13.1 Å². The van der Waals surface area contributed by atoms with Gasteiger partial charge in [0.1, 0.15) is 11.9 Å². The first-order valence-corrected chi connectivity index (χ1v) is 5.88. The Hall–Kier alpha value is -1.40. The highest BCUT2D eigenvalue weighted by molar-refractivity contribution is 5.34. The van der Waals surface area contributed by atoms with Gasteiger partial charge in [-0.05, 0) is 29.5 Å². The predicted molar refractivity (Wildman–Crippen MR) is 66.9 cm³/mol. The van der Waals surface area contributed by atoms with Crippen molar-refractivity contribution < 1.29 is 4.39 Å². The molecule has 0 atom stereocenters. The molecule has 0 saturated heterocycles. The van der Waals surface area contributed by atoms with Crippen molar-refractivity contribution >= 4 is 0 Å². The molecule has 0 bridgehead atoms.